The minimum Gasteiger partial charge on any atom is -0.454 e. The molecule has 2 aliphatic heterocycles. The van der Waals surface area contributed by atoms with Gasteiger partial charge in [0.25, 0.3) is 11.8 Å². The van der Waals surface area contributed by atoms with Gasteiger partial charge in [-0.25, -0.2) is 8.42 Å². The molecule has 0 atom stereocenters. The van der Waals surface area contributed by atoms with Crippen molar-refractivity contribution in [3.05, 3.63) is 113 Å². The lowest BCUT2D eigenvalue weighted by Crippen LogP contribution is -2.31. The van der Waals surface area contributed by atoms with Crippen LogP contribution in [0.25, 0.3) is 0 Å². The summed E-state index contributed by atoms with van der Waals surface area (Å²) >= 11 is 0. The van der Waals surface area contributed by atoms with Crippen molar-refractivity contribution in [1.82, 2.24) is 5.32 Å². The van der Waals surface area contributed by atoms with Gasteiger partial charge in [-0.2, -0.15) is 0 Å². The first-order valence-electron chi connectivity index (χ1n) is 11.9. The summed E-state index contributed by atoms with van der Waals surface area (Å²) in [6, 6.07) is 25.2. The van der Waals surface area contributed by atoms with Crippen LogP contribution in [0.3, 0.4) is 0 Å². The van der Waals surface area contributed by atoms with E-state index >= 15 is 0 Å². The molecule has 2 amide bonds. The second-order valence-electron chi connectivity index (χ2n) is 8.93. The number of nitrogens with one attached hydrogen (secondary N) is 1. The van der Waals surface area contributed by atoms with E-state index in [4.69, 9.17) is 9.47 Å². The van der Waals surface area contributed by atoms with Crippen LogP contribution in [-0.4, -0.2) is 27.0 Å². The SMILES string of the molecule is O=C(NCc1ccc2c(c1)OCO2)c1ccc2c(c1)N(Cc1ccccc1)C(=O)c1ccccc1S2(=O)=O. The molecule has 4 aromatic carbocycles. The Kier molecular flexibility index (Phi) is 5.84. The highest BCUT2D eigenvalue weighted by molar-refractivity contribution is 7.91. The van der Waals surface area contributed by atoms with Crippen molar-refractivity contribution in [2.45, 2.75) is 22.9 Å². The fraction of sp³-hybridized carbons (Fsp3) is 0.103. The van der Waals surface area contributed by atoms with Crippen LogP contribution in [0.5, 0.6) is 11.5 Å². The molecule has 190 valence electrons. The molecule has 0 fully saturated rings. The Morgan fingerprint density at radius 2 is 1.58 bits per heavy atom. The number of carbonyl (C=O) groups is 2. The number of hydrogen-bond donors (Lipinski definition) is 1. The lowest BCUT2D eigenvalue weighted by Gasteiger charge is -2.23. The molecule has 4 aromatic rings. The van der Waals surface area contributed by atoms with Crippen molar-refractivity contribution in [2.75, 3.05) is 11.7 Å². The maximum atomic E-state index is 13.7. The van der Waals surface area contributed by atoms with E-state index in [1.54, 1.807) is 24.3 Å². The Morgan fingerprint density at radius 3 is 2.42 bits per heavy atom. The van der Waals surface area contributed by atoms with Crippen LogP contribution >= 0.6 is 0 Å². The van der Waals surface area contributed by atoms with Crippen molar-refractivity contribution in [3.8, 4) is 11.5 Å². The maximum absolute atomic E-state index is 13.7. The first-order valence-corrected chi connectivity index (χ1v) is 13.4. The number of nitrogens with zero attached hydrogens (tertiary/aromatic N) is 1. The fourth-order valence-corrected chi connectivity index (χ4v) is 6.24. The number of rotatable bonds is 5. The van der Waals surface area contributed by atoms with Crippen LogP contribution in [0, 0.1) is 0 Å². The number of amides is 2. The first-order chi connectivity index (χ1) is 18.4. The van der Waals surface area contributed by atoms with E-state index in [1.807, 2.05) is 36.4 Å². The van der Waals surface area contributed by atoms with E-state index in [2.05, 4.69) is 5.32 Å². The van der Waals surface area contributed by atoms with Crippen molar-refractivity contribution >= 4 is 27.3 Å². The van der Waals surface area contributed by atoms with Crippen LogP contribution in [0.4, 0.5) is 5.69 Å². The van der Waals surface area contributed by atoms with Crippen LogP contribution in [0.15, 0.2) is 101 Å². The molecule has 9 heteroatoms. The van der Waals surface area contributed by atoms with Gasteiger partial charge in [0.2, 0.25) is 16.6 Å². The van der Waals surface area contributed by atoms with Crippen molar-refractivity contribution in [2.24, 2.45) is 0 Å². The second kappa shape index (κ2) is 9.35. The third kappa shape index (κ3) is 4.16. The van der Waals surface area contributed by atoms with Crippen LogP contribution in [0.1, 0.15) is 31.8 Å². The molecule has 0 saturated heterocycles. The lowest BCUT2D eigenvalue weighted by molar-refractivity contribution is 0.0947. The quantitative estimate of drug-likeness (QED) is 0.415. The van der Waals surface area contributed by atoms with Crippen molar-refractivity contribution in [3.63, 3.8) is 0 Å². The van der Waals surface area contributed by atoms with Gasteiger partial charge in [0, 0.05) is 12.1 Å². The Labute approximate surface area is 219 Å². The predicted octanol–water partition coefficient (Wildman–Crippen LogP) is 4.34. The molecule has 38 heavy (non-hydrogen) atoms. The van der Waals surface area contributed by atoms with E-state index in [9.17, 15) is 18.0 Å². The van der Waals surface area contributed by atoms with Gasteiger partial charge >= 0.3 is 0 Å². The van der Waals surface area contributed by atoms with Gasteiger partial charge < -0.3 is 19.7 Å². The highest BCUT2D eigenvalue weighted by Crippen LogP contribution is 2.38. The zero-order valence-electron chi connectivity index (χ0n) is 20.1. The van der Waals surface area contributed by atoms with Gasteiger partial charge in [0.15, 0.2) is 11.5 Å². The van der Waals surface area contributed by atoms with E-state index in [-0.39, 0.29) is 46.5 Å². The lowest BCUT2D eigenvalue weighted by atomic mass is 10.1. The summed E-state index contributed by atoms with van der Waals surface area (Å²) in [5, 5.41) is 2.85. The van der Waals surface area contributed by atoms with Gasteiger partial charge in [-0.1, -0.05) is 48.5 Å². The molecule has 0 saturated carbocycles. The molecular weight excluding hydrogens is 504 g/mol. The molecule has 0 aromatic heterocycles. The highest BCUT2D eigenvalue weighted by atomic mass is 32.2. The first kappa shape index (κ1) is 23.7. The maximum Gasteiger partial charge on any atom is 0.259 e. The summed E-state index contributed by atoms with van der Waals surface area (Å²) in [6.07, 6.45) is 0. The molecule has 6 rings (SSSR count). The molecule has 0 spiro atoms. The predicted molar refractivity (Wildman–Crippen MR) is 139 cm³/mol. The third-order valence-electron chi connectivity index (χ3n) is 6.53. The molecule has 0 aliphatic carbocycles. The Balaban J connectivity index is 1.37. The van der Waals surface area contributed by atoms with Gasteiger partial charge in [-0.05, 0) is 53.6 Å². The monoisotopic (exact) mass is 526 g/mol. The molecular formula is C29H22N2O6S. The molecule has 1 N–H and O–H groups in total. The molecule has 2 heterocycles. The Bertz CT molecular complexity index is 1680. The molecule has 0 bridgehead atoms. The Morgan fingerprint density at radius 1 is 0.816 bits per heavy atom. The zero-order chi connectivity index (χ0) is 26.3. The standard InChI is InChI=1S/C29H22N2O6S/c32-28(30-16-20-10-12-24-25(14-20)37-18-36-24)21-11-13-27-23(15-21)31(17-19-6-2-1-3-7-19)29(33)22-8-4-5-9-26(22)38(27,34)35/h1-15H,16-18H2,(H,30,32). The van der Waals surface area contributed by atoms with Crippen molar-refractivity contribution < 1.29 is 27.5 Å². The van der Waals surface area contributed by atoms with E-state index < -0.39 is 21.7 Å². The van der Waals surface area contributed by atoms with E-state index in [1.165, 1.54) is 35.2 Å². The van der Waals surface area contributed by atoms with Crippen LogP contribution < -0.4 is 19.7 Å². The van der Waals surface area contributed by atoms with E-state index in [0.717, 1.165) is 11.1 Å². The summed E-state index contributed by atoms with van der Waals surface area (Å²) in [5.74, 6) is 0.402. The zero-order valence-corrected chi connectivity index (χ0v) is 20.9. The molecule has 8 nitrogen and oxygen atoms in total. The largest absolute Gasteiger partial charge is 0.454 e. The normalized spacial score (nSPS) is 14.8. The highest BCUT2D eigenvalue weighted by Gasteiger charge is 2.36. The van der Waals surface area contributed by atoms with E-state index in [0.29, 0.717) is 11.5 Å². The summed E-state index contributed by atoms with van der Waals surface area (Å²) in [7, 11) is -4.02. The fourth-order valence-electron chi connectivity index (χ4n) is 4.61. The number of ether oxygens (including phenoxy) is 2. The average molecular weight is 527 g/mol. The van der Waals surface area contributed by atoms with Crippen molar-refractivity contribution in [1.29, 1.82) is 0 Å². The summed E-state index contributed by atoms with van der Waals surface area (Å²) < 4.78 is 38.0. The van der Waals surface area contributed by atoms with Crippen LogP contribution in [0.2, 0.25) is 0 Å². The average Bonchev–Trinajstić information content (AvgIpc) is 3.40. The Hall–Kier alpha value is -4.63. The molecule has 0 unspecified atom stereocenters. The number of anilines is 1. The number of hydrogen-bond acceptors (Lipinski definition) is 6. The van der Waals surface area contributed by atoms with Gasteiger partial charge in [-0.3, -0.25) is 9.59 Å². The summed E-state index contributed by atoms with van der Waals surface area (Å²) in [6.45, 7) is 0.521. The summed E-state index contributed by atoms with van der Waals surface area (Å²) in [5.41, 5.74) is 2.12. The smallest absolute Gasteiger partial charge is 0.259 e. The third-order valence-corrected chi connectivity index (χ3v) is 8.39. The minimum absolute atomic E-state index is 0.0287. The number of sulfone groups is 1. The van der Waals surface area contributed by atoms with Gasteiger partial charge in [0.05, 0.1) is 27.6 Å². The molecule has 2 aliphatic rings. The number of benzene rings is 4. The molecule has 0 radical (unpaired) electrons. The second-order valence-corrected chi connectivity index (χ2v) is 10.8. The minimum atomic E-state index is -4.02. The number of carbonyl (C=O) groups excluding carboxylic acids is 2. The summed E-state index contributed by atoms with van der Waals surface area (Å²) in [4.78, 5) is 28.2. The number of fused-ring (bicyclic) bond motifs is 3. The van der Waals surface area contributed by atoms with Gasteiger partial charge in [0.1, 0.15) is 0 Å². The van der Waals surface area contributed by atoms with Gasteiger partial charge in [-0.15, -0.1) is 0 Å². The van der Waals surface area contributed by atoms with Crippen LogP contribution in [-0.2, 0) is 22.9 Å². The topological polar surface area (TPSA) is 102 Å².